The fourth-order valence-electron chi connectivity index (χ4n) is 2.13. The Morgan fingerprint density at radius 1 is 0.957 bits per heavy atom. The molecule has 2 rings (SSSR count). The first-order valence-electron chi connectivity index (χ1n) is 6.31. The van der Waals surface area contributed by atoms with Crippen LogP contribution in [-0.2, 0) is 6.18 Å². The molecule has 0 fully saturated rings. The highest BCUT2D eigenvalue weighted by Gasteiger charge is 2.36. The number of nitrogens with zero attached hydrogens (tertiary/aromatic N) is 1. The zero-order valence-electron chi connectivity index (χ0n) is 11.5. The summed E-state index contributed by atoms with van der Waals surface area (Å²) in [6.45, 7) is 0. The van der Waals surface area contributed by atoms with Crippen molar-refractivity contribution in [3.05, 3.63) is 59.7 Å². The summed E-state index contributed by atoms with van der Waals surface area (Å²) in [5, 5.41) is 9.17. The number of carbonyl (C=O) groups is 2. The molecule has 0 aromatic heterocycles. The van der Waals surface area contributed by atoms with Gasteiger partial charge in [0.25, 0.3) is 0 Å². The lowest BCUT2D eigenvalue weighted by Crippen LogP contribution is -2.34. The van der Waals surface area contributed by atoms with E-state index in [4.69, 9.17) is 5.73 Å². The number of nitrogens with two attached hydrogens (primary N) is 1. The van der Waals surface area contributed by atoms with Crippen LogP contribution in [0.1, 0.15) is 15.9 Å². The molecule has 0 atom stereocenters. The molecule has 8 heteroatoms. The van der Waals surface area contributed by atoms with Crippen LogP contribution in [0.3, 0.4) is 0 Å². The smallest absolute Gasteiger partial charge is 0.418 e. The fraction of sp³-hybridized carbons (Fsp3) is 0.0667. The first kappa shape index (κ1) is 16.3. The summed E-state index contributed by atoms with van der Waals surface area (Å²) in [5.74, 6) is -1.39. The van der Waals surface area contributed by atoms with E-state index in [2.05, 4.69) is 0 Å². The topological polar surface area (TPSA) is 83.6 Å². The van der Waals surface area contributed by atoms with Gasteiger partial charge in [-0.3, -0.25) is 4.90 Å². The molecular weight excluding hydrogens is 313 g/mol. The molecule has 2 aromatic rings. The average molecular weight is 324 g/mol. The monoisotopic (exact) mass is 324 g/mol. The van der Waals surface area contributed by atoms with Gasteiger partial charge in [0.2, 0.25) is 0 Å². The van der Waals surface area contributed by atoms with Crippen LogP contribution in [0.15, 0.2) is 48.5 Å². The fourth-order valence-corrected chi connectivity index (χ4v) is 2.13. The molecule has 0 bridgehead atoms. The van der Waals surface area contributed by atoms with Gasteiger partial charge in [-0.25, -0.2) is 9.59 Å². The van der Waals surface area contributed by atoms with Gasteiger partial charge in [0.05, 0.1) is 22.5 Å². The van der Waals surface area contributed by atoms with Crippen molar-refractivity contribution >= 4 is 23.4 Å². The van der Waals surface area contributed by atoms with E-state index in [0.29, 0.717) is 4.90 Å². The number of hydrogen-bond donors (Lipinski definition) is 2. The van der Waals surface area contributed by atoms with E-state index in [1.165, 1.54) is 30.3 Å². The van der Waals surface area contributed by atoms with Gasteiger partial charge in [-0.05, 0) is 24.3 Å². The van der Waals surface area contributed by atoms with Crippen LogP contribution in [0.2, 0.25) is 0 Å². The molecule has 2 amide bonds. The number of alkyl halides is 3. The van der Waals surface area contributed by atoms with Crippen LogP contribution in [0.25, 0.3) is 0 Å². The number of carbonyl (C=O) groups excluding carboxylic acids is 1. The predicted octanol–water partition coefficient (Wildman–Crippen LogP) is 3.62. The largest absolute Gasteiger partial charge is 0.478 e. The number of amides is 2. The SMILES string of the molecule is NC(=O)N(c1ccccc1C(=O)O)c1ccccc1C(F)(F)F. The van der Waals surface area contributed by atoms with E-state index in [-0.39, 0.29) is 11.3 Å². The van der Waals surface area contributed by atoms with Crippen molar-refractivity contribution in [2.24, 2.45) is 5.73 Å². The molecule has 3 N–H and O–H groups in total. The van der Waals surface area contributed by atoms with Crippen molar-refractivity contribution in [3.63, 3.8) is 0 Å². The average Bonchev–Trinajstić information content (AvgIpc) is 2.47. The summed E-state index contributed by atoms with van der Waals surface area (Å²) >= 11 is 0. The number of benzene rings is 2. The van der Waals surface area contributed by atoms with Crippen molar-refractivity contribution in [1.29, 1.82) is 0 Å². The molecule has 0 saturated heterocycles. The minimum absolute atomic E-state index is 0.246. The normalized spacial score (nSPS) is 11.1. The Bertz CT molecular complexity index is 760. The van der Waals surface area contributed by atoms with Crippen molar-refractivity contribution in [2.75, 3.05) is 4.90 Å². The molecule has 0 heterocycles. The second kappa shape index (κ2) is 5.99. The Labute approximate surface area is 128 Å². The molecule has 0 spiro atoms. The zero-order valence-corrected chi connectivity index (χ0v) is 11.5. The zero-order chi connectivity index (χ0) is 17.2. The number of anilines is 2. The number of para-hydroxylation sites is 2. The molecule has 0 aliphatic heterocycles. The molecule has 0 radical (unpaired) electrons. The van der Waals surface area contributed by atoms with Gasteiger partial charge in [0, 0.05) is 0 Å². The van der Waals surface area contributed by atoms with Crippen molar-refractivity contribution in [1.82, 2.24) is 0 Å². The van der Waals surface area contributed by atoms with Crippen LogP contribution >= 0.6 is 0 Å². The third-order valence-electron chi connectivity index (χ3n) is 3.05. The van der Waals surface area contributed by atoms with E-state index in [0.717, 1.165) is 18.2 Å². The lowest BCUT2D eigenvalue weighted by molar-refractivity contribution is -0.137. The molecule has 0 saturated carbocycles. The molecule has 120 valence electrons. The minimum Gasteiger partial charge on any atom is -0.478 e. The second-order valence-electron chi connectivity index (χ2n) is 4.51. The van der Waals surface area contributed by atoms with E-state index >= 15 is 0 Å². The molecule has 23 heavy (non-hydrogen) atoms. The second-order valence-corrected chi connectivity index (χ2v) is 4.51. The van der Waals surface area contributed by atoms with Crippen molar-refractivity contribution in [2.45, 2.75) is 6.18 Å². The number of carboxylic acid groups (broad SMARTS) is 1. The molecule has 0 unspecified atom stereocenters. The standard InChI is InChI=1S/C15H11F3N2O3/c16-15(17,18)10-6-2-4-8-12(10)20(14(19)23)11-7-3-1-5-9(11)13(21)22/h1-8H,(H2,19,23)(H,21,22). The number of rotatable bonds is 3. The van der Waals surface area contributed by atoms with E-state index in [1.54, 1.807) is 0 Å². The first-order chi connectivity index (χ1) is 10.7. The van der Waals surface area contributed by atoms with E-state index in [9.17, 15) is 27.9 Å². The molecule has 0 aliphatic carbocycles. The number of primary amides is 1. The number of carboxylic acids is 1. The Hall–Kier alpha value is -3.03. The van der Waals surface area contributed by atoms with E-state index in [1.807, 2.05) is 0 Å². The van der Waals surface area contributed by atoms with Crippen LogP contribution < -0.4 is 10.6 Å². The summed E-state index contributed by atoms with van der Waals surface area (Å²) in [6, 6.07) is 8.23. The van der Waals surface area contributed by atoms with Gasteiger partial charge in [0.1, 0.15) is 0 Å². The maximum absolute atomic E-state index is 13.2. The van der Waals surface area contributed by atoms with Gasteiger partial charge in [-0.1, -0.05) is 24.3 Å². The van der Waals surface area contributed by atoms with E-state index < -0.39 is 29.4 Å². The Morgan fingerprint density at radius 2 is 1.48 bits per heavy atom. The van der Waals surface area contributed by atoms with Gasteiger partial charge >= 0.3 is 18.2 Å². The van der Waals surface area contributed by atoms with Crippen LogP contribution in [-0.4, -0.2) is 17.1 Å². The van der Waals surface area contributed by atoms with Crippen molar-refractivity contribution in [3.8, 4) is 0 Å². The first-order valence-corrected chi connectivity index (χ1v) is 6.31. The predicted molar refractivity (Wildman–Crippen MR) is 76.6 cm³/mol. The summed E-state index contributed by atoms with van der Waals surface area (Å²) in [4.78, 5) is 23.5. The number of urea groups is 1. The summed E-state index contributed by atoms with van der Waals surface area (Å²) in [7, 11) is 0. The minimum atomic E-state index is -4.73. The Kier molecular flexibility index (Phi) is 4.26. The highest BCUT2D eigenvalue weighted by molar-refractivity contribution is 6.05. The van der Waals surface area contributed by atoms with Crippen molar-refractivity contribution < 1.29 is 27.9 Å². The summed E-state index contributed by atoms with van der Waals surface area (Å²) < 4.78 is 39.5. The lowest BCUT2D eigenvalue weighted by Gasteiger charge is -2.25. The van der Waals surface area contributed by atoms with Crippen LogP contribution in [0, 0.1) is 0 Å². The summed E-state index contributed by atoms with van der Waals surface area (Å²) in [6.07, 6.45) is -4.73. The van der Waals surface area contributed by atoms with Gasteiger partial charge < -0.3 is 10.8 Å². The molecule has 5 nitrogen and oxygen atoms in total. The quantitative estimate of drug-likeness (QED) is 0.904. The molecule has 2 aromatic carbocycles. The third kappa shape index (κ3) is 3.25. The lowest BCUT2D eigenvalue weighted by atomic mass is 10.1. The van der Waals surface area contributed by atoms with Gasteiger partial charge in [0.15, 0.2) is 0 Å². The molecule has 0 aliphatic rings. The van der Waals surface area contributed by atoms with Gasteiger partial charge in [-0.15, -0.1) is 0 Å². The number of halogens is 3. The highest BCUT2D eigenvalue weighted by Crippen LogP contribution is 2.39. The number of hydrogen-bond acceptors (Lipinski definition) is 2. The van der Waals surface area contributed by atoms with Crippen LogP contribution in [0.4, 0.5) is 29.3 Å². The number of aromatic carboxylic acids is 1. The maximum Gasteiger partial charge on any atom is 0.418 e. The molecular formula is C15H11F3N2O3. The summed E-state index contributed by atoms with van der Waals surface area (Å²) in [5.41, 5.74) is 2.98. The highest BCUT2D eigenvalue weighted by atomic mass is 19.4. The Balaban J connectivity index is 2.72. The third-order valence-corrected chi connectivity index (χ3v) is 3.05. The van der Waals surface area contributed by atoms with Gasteiger partial charge in [-0.2, -0.15) is 13.2 Å². The van der Waals surface area contributed by atoms with Crippen LogP contribution in [0.5, 0.6) is 0 Å². The maximum atomic E-state index is 13.2. The Morgan fingerprint density at radius 3 is 2.00 bits per heavy atom.